The molecule has 0 saturated carbocycles. The van der Waals surface area contributed by atoms with Crippen LogP contribution in [0.15, 0.2) is 35.4 Å². The van der Waals surface area contributed by atoms with Crippen LogP contribution in [0.3, 0.4) is 0 Å². The highest BCUT2D eigenvalue weighted by Crippen LogP contribution is 2.26. The van der Waals surface area contributed by atoms with Gasteiger partial charge >= 0.3 is 5.97 Å². The summed E-state index contributed by atoms with van der Waals surface area (Å²) in [6.45, 7) is 0.155. The maximum absolute atomic E-state index is 11.8. The molecule has 0 aliphatic carbocycles. The van der Waals surface area contributed by atoms with E-state index in [0.29, 0.717) is 16.3 Å². The van der Waals surface area contributed by atoms with Crippen LogP contribution in [0.2, 0.25) is 5.02 Å². The molecule has 0 aliphatic heterocycles. The number of nitro benzene ring substituents is 1. The van der Waals surface area contributed by atoms with E-state index in [0.717, 1.165) is 4.90 Å². The van der Waals surface area contributed by atoms with Crippen LogP contribution >= 0.6 is 23.4 Å². The number of carbonyl (C=O) groups excluding carboxylic acids is 1. The molecule has 116 valence electrons. The fourth-order valence-corrected chi connectivity index (χ4v) is 2.70. The lowest BCUT2D eigenvalue weighted by Gasteiger charge is -2.08. The Bertz CT molecular complexity index is 730. The quantitative estimate of drug-likeness (QED) is 0.360. The normalized spacial score (nSPS) is 10.5. The molecule has 1 aromatic carbocycles. The monoisotopic (exact) mass is 340 g/mol. The topological polar surface area (TPSA) is 74.4 Å². The summed E-state index contributed by atoms with van der Waals surface area (Å²) in [4.78, 5) is 23.3. The first-order valence-corrected chi connectivity index (χ1v) is 7.81. The van der Waals surface area contributed by atoms with Crippen LogP contribution in [0, 0.1) is 10.1 Å². The maximum Gasteiger partial charge on any atom is 0.354 e. The van der Waals surface area contributed by atoms with E-state index in [1.165, 1.54) is 37.1 Å². The van der Waals surface area contributed by atoms with Crippen molar-refractivity contribution in [3.8, 4) is 0 Å². The molecule has 1 aromatic heterocycles. The molecule has 0 spiro atoms. The van der Waals surface area contributed by atoms with Gasteiger partial charge in [-0.15, -0.1) is 11.8 Å². The van der Waals surface area contributed by atoms with Gasteiger partial charge in [0.2, 0.25) is 0 Å². The number of methoxy groups -OCH3 is 1. The number of thioether (sulfide) groups is 1. The number of aromatic nitrogens is 1. The number of esters is 1. The lowest BCUT2D eigenvalue weighted by molar-refractivity contribution is -0.385. The number of hydrogen-bond acceptors (Lipinski definition) is 5. The van der Waals surface area contributed by atoms with Gasteiger partial charge in [-0.1, -0.05) is 11.6 Å². The number of rotatable bonds is 5. The van der Waals surface area contributed by atoms with Crippen molar-refractivity contribution in [2.45, 2.75) is 11.4 Å². The predicted octanol–water partition coefficient (Wildman–Crippen LogP) is 3.61. The summed E-state index contributed by atoms with van der Waals surface area (Å²) in [6, 6.07) is 6.04. The molecule has 0 aliphatic rings. The Labute approximate surface area is 136 Å². The van der Waals surface area contributed by atoms with Gasteiger partial charge in [-0.2, -0.15) is 0 Å². The molecule has 0 fully saturated rings. The maximum atomic E-state index is 11.8. The van der Waals surface area contributed by atoms with E-state index < -0.39 is 10.9 Å². The highest BCUT2D eigenvalue weighted by Gasteiger charge is 2.19. The third-order valence-electron chi connectivity index (χ3n) is 3.08. The molecule has 0 atom stereocenters. The second-order valence-corrected chi connectivity index (χ2v) is 5.73. The number of nitro groups is 1. The molecule has 1 heterocycles. The van der Waals surface area contributed by atoms with Crippen LogP contribution < -0.4 is 0 Å². The fraction of sp³-hybridized carbons (Fsp3) is 0.214. The van der Waals surface area contributed by atoms with E-state index in [-0.39, 0.29) is 12.2 Å². The first-order chi connectivity index (χ1) is 10.5. The lowest BCUT2D eigenvalue weighted by Crippen LogP contribution is -2.11. The van der Waals surface area contributed by atoms with Gasteiger partial charge in [-0.25, -0.2) is 4.79 Å². The Kier molecular flexibility index (Phi) is 5.10. The van der Waals surface area contributed by atoms with Crippen LogP contribution in [-0.4, -0.2) is 28.8 Å². The Morgan fingerprint density at radius 3 is 2.77 bits per heavy atom. The first kappa shape index (κ1) is 16.4. The molecular weight excluding hydrogens is 328 g/mol. The van der Waals surface area contributed by atoms with E-state index in [9.17, 15) is 14.9 Å². The van der Waals surface area contributed by atoms with Crippen molar-refractivity contribution in [3.05, 3.63) is 56.9 Å². The van der Waals surface area contributed by atoms with E-state index in [2.05, 4.69) is 0 Å². The van der Waals surface area contributed by atoms with E-state index in [1.54, 1.807) is 16.8 Å². The summed E-state index contributed by atoms with van der Waals surface area (Å²) < 4.78 is 6.37. The summed E-state index contributed by atoms with van der Waals surface area (Å²) in [5, 5.41) is 11.5. The average Bonchev–Trinajstić information content (AvgIpc) is 2.89. The third kappa shape index (κ3) is 3.42. The van der Waals surface area contributed by atoms with Crippen molar-refractivity contribution in [3.63, 3.8) is 0 Å². The predicted molar refractivity (Wildman–Crippen MR) is 84.8 cm³/mol. The van der Waals surface area contributed by atoms with E-state index >= 15 is 0 Å². The minimum absolute atomic E-state index is 0.0420. The number of benzene rings is 1. The molecule has 2 rings (SSSR count). The highest BCUT2D eigenvalue weighted by atomic mass is 35.5. The molecule has 0 radical (unpaired) electrons. The number of nitrogens with zero attached hydrogens (tertiary/aromatic N) is 2. The minimum Gasteiger partial charge on any atom is -0.464 e. The summed E-state index contributed by atoms with van der Waals surface area (Å²) in [6.07, 6.45) is 3.63. The smallest absolute Gasteiger partial charge is 0.354 e. The molecule has 22 heavy (non-hydrogen) atoms. The van der Waals surface area contributed by atoms with Crippen LogP contribution in [0.5, 0.6) is 0 Å². The van der Waals surface area contributed by atoms with Crippen molar-refractivity contribution in [2.24, 2.45) is 0 Å². The van der Waals surface area contributed by atoms with Crippen LogP contribution in [-0.2, 0) is 11.3 Å². The second kappa shape index (κ2) is 6.85. The van der Waals surface area contributed by atoms with Crippen molar-refractivity contribution < 1.29 is 14.5 Å². The zero-order chi connectivity index (χ0) is 16.3. The zero-order valence-corrected chi connectivity index (χ0v) is 13.5. The van der Waals surface area contributed by atoms with Crippen molar-refractivity contribution in [1.82, 2.24) is 4.57 Å². The van der Waals surface area contributed by atoms with Gasteiger partial charge in [0, 0.05) is 22.2 Å². The first-order valence-electron chi connectivity index (χ1n) is 6.21. The largest absolute Gasteiger partial charge is 0.464 e. The molecule has 0 amide bonds. The van der Waals surface area contributed by atoms with Gasteiger partial charge in [0.05, 0.1) is 24.1 Å². The summed E-state index contributed by atoms with van der Waals surface area (Å²) >= 11 is 7.39. The van der Waals surface area contributed by atoms with Gasteiger partial charge in [0.25, 0.3) is 5.69 Å². The zero-order valence-electron chi connectivity index (χ0n) is 11.9. The molecular formula is C14H13ClN2O4S. The number of halogens is 1. The Morgan fingerprint density at radius 1 is 1.45 bits per heavy atom. The summed E-state index contributed by atoms with van der Waals surface area (Å²) in [5.41, 5.74) is 0.714. The summed E-state index contributed by atoms with van der Waals surface area (Å²) in [7, 11) is 1.29. The second-order valence-electron chi connectivity index (χ2n) is 4.41. The Morgan fingerprint density at radius 2 is 2.18 bits per heavy atom. The third-order valence-corrected chi connectivity index (χ3v) is 4.01. The fourth-order valence-electron chi connectivity index (χ4n) is 2.04. The van der Waals surface area contributed by atoms with Crippen LogP contribution in [0.4, 0.5) is 5.69 Å². The Balaban J connectivity index is 2.46. The highest BCUT2D eigenvalue weighted by molar-refractivity contribution is 7.98. The van der Waals surface area contributed by atoms with Crippen molar-refractivity contribution in [2.75, 3.05) is 13.4 Å². The summed E-state index contributed by atoms with van der Waals surface area (Å²) in [5.74, 6) is -0.495. The average molecular weight is 341 g/mol. The van der Waals surface area contributed by atoms with Gasteiger partial charge in [-0.05, 0) is 24.5 Å². The lowest BCUT2D eigenvalue weighted by atomic mass is 10.2. The number of ether oxygens (including phenoxy) is 1. The molecule has 6 nitrogen and oxygen atoms in total. The molecule has 0 bridgehead atoms. The number of hydrogen-bond donors (Lipinski definition) is 0. The molecule has 0 saturated heterocycles. The van der Waals surface area contributed by atoms with Crippen LogP contribution in [0.1, 0.15) is 16.1 Å². The molecule has 0 unspecified atom stereocenters. The van der Waals surface area contributed by atoms with Gasteiger partial charge < -0.3 is 9.30 Å². The molecule has 2 aromatic rings. The molecule has 0 N–H and O–H groups in total. The van der Waals surface area contributed by atoms with Gasteiger partial charge in [0.1, 0.15) is 5.69 Å². The van der Waals surface area contributed by atoms with Crippen molar-refractivity contribution >= 4 is 35.0 Å². The standard InChI is InChI=1S/C14H13ClN2O4S/c1-21-14(18)13-6-11(22-2)8-16(13)7-9-5-10(15)3-4-12(9)17(19)20/h3-6,8H,7H2,1-2H3. The minimum atomic E-state index is -0.495. The van der Waals surface area contributed by atoms with Crippen molar-refractivity contribution in [1.29, 1.82) is 0 Å². The van der Waals surface area contributed by atoms with Crippen LogP contribution in [0.25, 0.3) is 0 Å². The van der Waals surface area contributed by atoms with E-state index in [4.69, 9.17) is 16.3 Å². The SMILES string of the molecule is COC(=O)c1cc(SC)cn1Cc1cc(Cl)ccc1[N+](=O)[O-]. The van der Waals surface area contributed by atoms with E-state index in [1.807, 2.05) is 6.26 Å². The molecule has 8 heteroatoms. The van der Waals surface area contributed by atoms with Gasteiger partial charge in [0.15, 0.2) is 0 Å². The Hall–Kier alpha value is -1.99. The number of carbonyl (C=O) groups is 1. The van der Waals surface area contributed by atoms with Gasteiger partial charge in [-0.3, -0.25) is 10.1 Å².